The highest BCUT2D eigenvalue weighted by Gasteiger charge is 2.20. The van der Waals surface area contributed by atoms with E-state index in [0.29, 0.717) is 22.1 Å². The SMILES string of the molecule is Cc1nn(-c2cc(SCc3cc(=O)n4cc(Cl)ccc4n3)ncn2)c2c1CCCC2. The first-order chi connectivity index (χ1) is 14.6. The predicted molar refractivity (Wildman–Crippen MR) is 117 cm³/mol. The summed E-state index contributed by atoms with van der Waals surface area (Å²) in [6.07, 6.45) is 7.65. The molecule has 4 aromatic heterocycles. The van der Waals surface area contributed by atoms with Crippen molar-refractivity contribution in [3.63, 3.8) is 0 Å². The highest BCUT2D eigenvalue weighted by atomic mass is 35.5. The number of aryl methyl sites for hydroxylation is 1. The van der Waals surface area contributed by atoms with Gasteiger partial charge in [-0.15, -0.1) is 0 Å². The average Bonchev–Trinajstić information content (AvgIpc) is 3.10. The highest BCUT2D eigenvalue weighted by Crippen LogP contribution is 2.27. The Bertz CT molecular complexity index is 1310. The predicted octanol–water partition coefficient (Wildman–Crippen LogP) is 3.80. The number of rotatable bonds is 4. The molecule has 0 saturated heterocycles. The fourth-order valence-electron chi connectivity index (χ4n) is 3.85. The molecule has 0 atom stereocenters. The number of hydrogen-bond acceptors (Lipinski definition) is 6. The molecule has 0 aromatic carbocycles. The van der Waals surface area contributed by atoms with Crippen molar-refractivity contribution in [3.05, 3.63) is 74.8 Å². The second-order valence-corrected chi connectivity index (χ2v) is 8.73. The first kappa shape index (κ1) is 19.3. The Morgan fingerprint density at radius 3 is 2.93 bits per heavy atom. The lowest BCUT2D eigenvalue weighted by Gasteiger charge is -2.13. The molecule has 0 amide bonds. The molecule has 0 saturated carbocycles. The van der Waals surface area contributed by atoms with Gasteiger partial charge in [0.1, 0.15) is 17.0 Å². The van der Waals surface area contributed by atoms with Gasteiger partial charge in [0.2, 0.25) is 0 Å². The van der Waals surface area contributed by atoms with Crippen molar-refractivity contribution in [1.29, 1.82) is 0 Å². The summed E-state index contributed by atoms with van der Waals surface area (Å²) in [5.74, 6) is 1.31. The first-order valence-electron chi connectivity index (χ1n) is 9.79. The van der Waals surface area contributed by atoms with Crippen LogP contribution in [-0.4, -0.2) is 29.1 Å². The van der Waals surface area contributed by atoms with Crippen molar-refractivity contribution < 1.29 is 0 Å². The molecular weight excluding hydrogens is 420 g/mol. The van der Waals surface area contributed by atoms with E-state index in [4.69, 9.17) is 16.7 Å². The van der Waals surface area contributed by atoms with Gasteiger partial charge in [-0.2, -0.15) is 5.10 Å². The smallest absolute Gasteiger partial charge is 0.258 e. The molecule has 0 N–H and O–H groups in total. The Morgan fingerprint density at radius 1 is 1.17 bits per heavy atom. The third-order valence-electron chi connectivity index (χ3n) is 5.27. The van der Waals surface area contributed by atoms with Crippen LogP contribution in [0.25, 0.3) is 11.5 Å². The van der Waals surface area contributed by atoms with Crippen LogP contribution in [0.3, 0.4) is 0 Å². The molecule has 0 radical (unpaired) electrons. The number of thioether (sulfide) groups is 1. The zero-order valence-corrected chi connectivity index (χ0v) is 17.9. The lowest BCUT2D eigenvalue weighted by atomic mass is 9.96. The maximum atomic E-state index is 12.4. The third-order valence-corrected chi connectivity index (χ3v) is 6.45. The molecular formula is C21H19ClN6OS. The summed E-state index contributed by atoms with van der Waals surface area (Å²) in [5, 5.41) is 6.04. The minimum Gasteiger partial charge on any atom is -0.269 e. The van der Waals surface area contributed by atoms with Crippen LogP contribution < -0.4 is 5.56 Å². The number of hydrogen-bond donors (Lipinski definition) is 0. The molecule has 9 heteroatoms. The van der Waals surface area contributed by atoms with Crippen molar-refractivity contribution in [2.75, 3.05) is 0 Å². The van der Waals surface area contributed by atoms with E-state index in [0.717, 1.165) is 29.4 Å². The van der Waals surface area contributed by atoms with Crippen LogP contribution in [0.15, 0.2) is 46.6 Å². The van der Waals surface area contributed by atoms with E-state index >= 15 is 0 Å². The largest absolute Gasteiger partial charge is 0.269 e. The van der Waals surface area contributed by atoms with Crippen LogP contribution >= 0.6 is 23.4 Å². The van der Waals surface area contributed by atoms with Gasteiger partial charge in [0.25, 0.3) is 5.56 Å². The van der Waals surface area contributed by atoms with E-state index in [9.17, 15) is 4.79 Å². The Balaban J connectivity index is 1.40. The van der Waals surface area contributed by atoms with Gasteiger partial charge in [-0.05, 0) is 50.3 Å². The quantitative estimate of drug-likeness (QED) is 0.356. The van der Waals surface area contributed by atoms with Gasteiger partial charge in [-0.1, -0.05) is 23.4 Å². The first-order valence-corrected chi connectivity index (χ1v) is 11.2. The van der Waals surface area contributed by atoms with Gasteiger partial charge in [-0.3, -0.25) is 9.20 Å². The highest BCUT2D eigenvalue weighted by molar-refractivity contribution is 7.98. The van der Waals surface area contributed by atoms with E-state index in [1.165, 1.54) is 46.3 Å². The van der Waals surface area contributed by atoms with Crippen molar-refractivity contribution in [3.8, 4) is 5.82 Å². The molecule has 0 spiro atoms. The van der Waals surface area contributed by atoms with Gasteiger partial charge in [-0.25, -0.2) is 19.6 Å². The topological polar surface area (TPSA) is 78.0 Å². The number of halogens is 1. The van der Waals surface area contributed by atoms with E-state index in [1.807, 2.05) is 10.7 Å². The molecule has 0 bridgehead atoms. The van der Waals surface area contributed by atoms with Crippen molar-refractivity contribution >= 4 is 29.0 Å². The zero-order chi connectivity index (χ0) is 20.7. The molecule has 0 aliphatic heterocycles. The summed E-state index contributed by atoms with van der Waals surface area (Å²) in [6.45, 7) is 2.06. The van der Waals surface area contributed by atoms with Crippen molar-refractivity contribution in [1.82, 2.24) is 29.1 Å². The standard InChI is InChI=1S/C21H19ClN6OS/c1-13-16-4-2-3-5-17(16)28(26-13)19-9-20(24-12-23-19)30-11-15-8-21(29)27-10-14(22)6-7-18(27)25-15/h6-10,12H,2-5,11H2,1H3. The maximum Gasteiger partial charge on any atom is 0.258 e. The molecule has 4 aromatic rings. The molecule has 0 unspecified atom stereocenters. The fraction of sp³-hybridized carbons (Fsp3) is 0.286. The van der Waals surface area contributed by atoms with Gasteiger partial charge in [0.15, 0.2) is 5.82 Å². The Labute approximate surface area is 182 Å². The third kappa shape index (κ3) is 3.61. The van der Waals surface area contributed by atoms with Crippen molar-refractivity contribution in [2.24, 2.45) is 0 Å². The molecule has 0 fully saturated rings. The molecule has 1 aliphatic carbocycles. The molecule has 4 heterocycles. The minimum absolute atomic E-state index is 0.153. The van der Waals surface area contributed by atoms with Gasteiger partial charge in [0.05, 0.1) is 16.4 Å². The van der Waals surface area contributed by atoms with Crippen LogP contribution in [0.1, 0.15) is 35.5 Å². The molecule has 5 rings (SSSR count). The van der Waals surface area contributed by atoms with Crippen LogP contribution in [0.4, 0.5) is 0 Å². The molecule has 152 valence electrons. The summed E-state index contributed by atoms with van der Waals surface area (Å²) in [4.78, 5) is 25.7. The van der Waals surface area contributed by atoms with Crippen LogP contribution in [-0.2, 0) is 18.6 Å². The number of fused-ring (bicyclic) bond motifs is 2. The van der Waals surface area contributed by atoms with Crippen LogP contribution in [0.5, 0.6) is 0 Å². The Hall–Kier alpha value is -2.71. The number of pyridine rings is 1. The number of aromatic nitrogens is 6. The molecule has 30 heavy (non-hydrogen) atoms. The number of nitrogens with zero attached hydrogens (tertiary/aromatic N) is 6. The van der Waals surface area contributed by atoms with Crippen molar-refractivity contribution in [2.45, 2.75) is 43.4 Å². The zero-order valence-electron chi connectivity index (χ0n) is 16.4. The second-order valence-electron chi connectivity index (χ2n) is 7.29. The van der Waals surface area contributed by atoms with Crippen LogP contribution in [0.2, 0.25) is 5.02 Å². The summed E-state index contributed by atoms with van der Waals surface area (Å²) in [6, 6.07) is 6.94. The summed E-state index contributed by atoms with van der Waals surface area (Å²) in [5.41, 5.74) is 4.81. The summed E-state index contributed by atoms with van der Waals surface area (Å²) >= 11 is 7.49. The van der Waals surface area contributed by atoms with E-state index in [1.54, 1.807) is 24.7 Å². The van der Waals surface area contributed by atoms with Gasteiger partial charge >= 0.3 is 0 Å². The van der Waals surface area contributed by atoms with Crippen LogP contribution in [0, 0.1) is 6.92 Å². The molecule has 1 aliphatic rings. The second kappa shape index (κ2) is 7.85. The van der Waals surface area contributed by atoms with E-state index in [-0.39, 0.29) is 5.56 Å². The molecule has 7 nitrogen and oxygen atoms in total. The summed E-state index contributed by atoms with van der Waals surface area (Å²) < 4.78 is 3.41. The lowest BCUT2D eigenvalue weighted by molar-refractivity contribution is 0.648. The fourth-order valence-corrected chi connectivity index (χ4v) is 4.76. The Kier molecular flexibility index (Phi) is 5.04. The minimum atomic E-state index is -0.153. The maximum absolute atomic E-state index is 12.4. The van der Waals surface area contributed by atoms with Gasteiger partial charge < -0.3 is 0 Å². The normalized spacial score (nSPS) is 13.5. The Morgan fingerprint density at radius 2 is 2.03 bits per heavy atom. The average molecular weight is 439 g/mol. The summed E-state index contributed by atoms with van der Waals surface area (Å²) in [7, 11) is 0. The van der Waals surface area contributed by atoms with E-state index < -0.39 is 0 Å². The van der Waals surface area contributed by atoms with Gasteiger partial charge in [0, 0.05) is 29.8 Å². The van der Waals surface area contributed by atoms with E-state index in [2.05, 4.69) is 21.9 Å². The monoisotopic (exact) mass is 438 g/mol. The lowest BCUT2D eigenvalue weighted by Crippen LogP contribution is -2.15.